The first-order chi connectivity index (χ1) is 5.77. The number of hydrogen-bond donors (Lipinski definition) is 1. The minimum Gasteiger partial charge on any atom is -0.330 e. The average molecular weight is 164 g/mol. The predicted octanol–water partition coefficient (Wildman–Crippen LogP) is 1.84. The maximum Gasteiger partial charge on any atom is 0.0450 e. The molecule has 1 aromatic rings. The third-order valence-electron chi connectivity index (χ3n) is 2.11. The molecule has 1 atom stereocenters. The molecular weight excluding hydrogens is 148 g/mol. The number of hydrogen-bond acceptors (Lipinski definition) is 2. The van der Waals surface area contributed by atoms with Crippen LogP contribution in [-0.4, -0.2) is 11.5 Å². The Hall–Kier alpha value is -0.890. The summed E-state index contributed by atoms with van der Waals surface area (Å²) in [5.41, 5.74) is 7.82. The van der Waals surface area contributed by atoms with Crippen LogP contribution < -0.4 is 5.73 Å². The normalized spacial score (nSPS) is 12.9. The first-order valence-corrected chi connectivity index (χ1v) is 4.41. The molecule has 0 aliphatic carbocycles. The fourth-order valence-electron chi connectivity index (χ4n) is 1.29. The van der Waals surface area contributed by atoms with Gasteiger partial charge >= 0.3 is 0 Å². The van der Waals surface area contributed by atoms with Crippen LogP contribution in [0.3, 0.4) is 0 Å². The van der Waals surface area contributed by atoms with Crippen LogP contribution in [0.5, 0.6) is 0 Å². The first-order valence-electron chi connectivity index (χ1n) is 4.41. The van der Waals surface area contributed by atoms with Crippen LogP contribution in [0, 0.1) is 6.92 Å². The summed E-state index contributed by atoms with van der Waals surface area (Å²) >= 11 is 0. The van der Waals surface area contributed by atoms with Crippen LogP contribution in [0.15, 0.2) is 18.2 Å². The number of nitrogens with zero attached hydrogens (tertiary/aromatic N) is 1. The summed E-state index contributed by atoms with van der Waals surface area (Å²) in [6, 6.07) is 6.09. The molecule has 2 nitrogen and oxygen atoms in total. The second-order valence-electron chi connectivity index (χ2n) is 3.04. The van der Waals surface area contributed by atoms with Gasteiger partial charge in [-0.1, -0.05) is 13.0 Å². The van der Waals surface area contributed by atoms with Crippen molar-refractivity contribution in [2.45, 2.75) is 26.2 Å². The Labute approximate surface area is 73.8 Å². The molecule has 12 heavy (non-hydrogen) atoms. The van der Waals surface area contributed by atoms with E-state index in [1.165, 1.54) is 0 Å². The Morgan fingerprint density at radius 3 is 2.75 bits per heavy atom. The van der Waals surface area contributed by atoms with Gasteiger partial charge in [-0.3, -0.25) is 4.98 Å². The standard InChI is InChI=1S/C10H16N2/c1-3-9(7-11)10-6-4-5-8(2)12-10/h4-6,9H,3,7,11H2,1-2H3. The molecule has 0 bridgehead atoms. The molecule has 2 heteroatoms. The van der Waals surface area contributed by atoms with Gasteiger partial charge in [-0.15, -0.1) is 0 Å². The van der Waals surface area contributed by atoms with Crippen molar-refractivity contribution in [2.24, 2.45) is 5.73 Å². The summed E-state index contributed by atoms with van der Waals surface area (Å²) in [4.78, 5) is 4.44. The van der Waals surface area contributed by atoms with Crippen LogP contribution >= 0.6 is 0 Å². The summed E-state index contributed by atoms with van der Waals surface area (Å²) in [6.07, 6.45) is 1.06. The Kier molecular flexibility index (Phi) is 3.23. The first kappa shape index (κ1) is 9.20. The Morgan fingerprint density at radius 1 is 1.50 bits per heavy atom. The van der Waals surface area contributed by atoms with Gasteiger partial charge in [0, 0.05) is 23.9 Å². The molecule has 0 amide bonds. The molecule has 0 fully saturated rings. The van der Waals surface area contributed by atoms with Gasteiger partial charge in [0.15, 0.2) is 0 Å². The zero-order valence-electron chi connectivity index (χ0n) is 7.75. The van der Waals surface area contributed by atoms with Crippen molar-refractivity contribution < 1.29 is 0 Å². The van der Waals surface area contributed by atoms with Crippen LogP contribution in [0.25, 0.3) is 0 Å². The largest absolute Gasteiger partial charge is 0.330 e. The van der Waals surface area contributed by atoms with E-state index in [0.717, 1.165) is 17.8 Å². The molecule has 0 saturated carbocycles. The molecule has 66 valence electrons. The van der Waals surface area contributed by atoms with E-state index >= 15 is 0 Å². The highest BCUT2D eigenvalue weighted by molar-refractivity contribution is 5.14. The van der Waals surface area contributed by atoms with Crippen molar-refractivity contribution in [1.29, 1.82) is 0 Å². The SMILES string of the molecule is CCC(CN)c1cccc(C)n1. The van der Waals surface area contributed by atoms with Crippen molar-refractivity contribution in [3.8, 4) is 0 Å². The number of aromatic nitrogens is 1. The minimum absolute atomic E-state index is 0.421. The Bertz CT molecular complexity index is 241. The van der Waals surface area contributed by atoms with E-state index in [1.807, 2.05) is 25.1 Å². The molecule has 0 aliphatic heterocycles. The number of aryl methyl sites for hydroxylation is 1. The van der Waals surface area contributed by atoms with Gasteiger partial charge in [0.1, 0.15) is 0 Å². The highest BCUT2D eigenvalue weighted by Gasteiger charge is 2.07. The van der Waals surface area contributed by atoms with Gasteiger partial charge in [-0.25, -0.2) is 0 Å². The van der Waals surface area contributed by atoms with E-state index in [4.69, 9.17) is 5.73 Å². The molecule has 0 spiro atoms. The van der Waals surface area contributed by atoms with E-state index in [9.17, 15) is 0 Å². The van der Waals surface area contributed by atoms with E-state index < -0.39 is 0 Å². The fraction of sp³-hybridized carbons (Fsp3) is 0.500. The Balaban J connectivity index is 2.85. The maximum absolute atomic E-state index is 5.63. The van der Waals surface area contributed by atoms with E-state index in [1.54, 1.807) is 0 Å². The zero-order chi connectivity index (χ0) is 8.97. The molecule has 1 rings (SSSR count). The quantitative estimate of drug-likeness (QED) is 0.740. The number of rotatable bonds is 3. The smallest absolute Gasteiger partial charge is 0.0450 e. The van der Waals surface area contributed by atoms with Gasteiger partial charge in [-0.2, -0.15) is 0 Å². The van der Waals surface area contributed by atoms with Crippen molar-refractivity contribution in [3.63, 3.8) is 0 Å². The molecule has 1 unspecified atom stereocenters. The van der Waals surface area contributed by atoms with Crippen LogP contribution in [0.1, 0.15) is 30.7 Å². The topological polar surface area (TPSA) is 38.9 Å². The summed E-state index contributed by atoms with van der Waals surface area (Å²) in [5.74, 6) is 0.421. The molecule has 0 radical (unpaired) electrons. The molecule has 0 aliphatic rings. The summed E-state index contributed by atoms with van der Waals surface area (Å²) in [5, 5.41) is 0. The van der Waals surface area contributed by atoms with Gasteiger partial charge in [0.2, 0.25) is 0 Å². The van der Waals surface area contributed by atoms with Crippen molar-refractivity contribution in [2.75, 3.05) is 6.54 Å². The third kappa shape index (κ3) is 2.05. The van der Waals surface area contributed by atoms with Crippen molar-refractivity contribution in [1.82, 2.24) is 4.98 Å². The highest BCUT2D eigenvalue weighted by Crippen LogP contribution is 2.15. The lowest BCUT2D eigenvalue weighted by Crippen LogP contribution is -2.13. The number of pyridine rings is 1. The predicted molar refractivity (Wildman–Crippen MR) is 51.1 cm³/mol. The van der Waals surface area contributed by atoms with Gasteiger partial charge in [-0.05, 0) is 25.5 Å². The lowest BCUT2D eigenvalue weighted by atomic mass is 10.0. The van der Waals surface area contributed by atoms with Gasteiger partial charge < -0.3 is 5.73 Å². The lowest BCUT2D eigenvalue weighted by Gasteiger charge is -2.11. The molecular formula is C10H16N2. The van der Waals surface area contributed by atoms with Crippen LogP contribution in [-0.2, 0) is 0 Å². The second kappa shape index (κ2) is 4.21. The summed E-state index contributed by atoms with van der Waals surface area (Å²) < 4.78 is 0. The summed E-state index contributed by atoms with van der Waals surface area (Å²) in [6.45, 7) is 4.83. The lowest BCUT2D eigenvalue weighted by molar-refractivity contribution is 0.652. The molecule has 1 heterocycles. The zero-order valence-corrected chi connectivity index (χ0v) is 7.75. The molecule has 0 saturated heterocycles. The molecule has 0 aromatic carbocycles. The fourth-order valence-corrected chi connectivity index (χ4v) is 1.29. The monoisotopic (exact) mass is 164 g/mol. The highest BCUT2D eigenvalue weighted by atomic mass is 14.7. The van der Waals surface area contributed by atoms with Gasteiger partial charge in [0.25, 0.3) is 0 Å². The van der Waals surface area contributed by atoms with E-state index in [0.29, 0.717) is 12.5 Å². The summed E-state index contributed by atoms with van der Waals surface area (Å²) in [7, 11) is 0. The average Bonchev–Trinajstić information content (AvgIpc) is 2.07. The Morgan fingerprint density at radius 2 is 2.25 bits per heavy atom. The maximum atomic E-state index is 5.63. The van der Waals surface area contributed by atoms with E-state index in [-0.39, 0.29) is 0 Å². The molecule has 1 aromatic heterocycles. The van der Waals surface area contributed by atoms with Gasteiger partial charge in [0.05, 0.1) is 0 Å². The number of nitrogens with two attached hydrogens (primary N) is 1. The van der Waals surface area contributed by atoms with Crippen LogP contribution in [0.2, 0.25) is 0 Å². The van der Waals surface area contributed by atoms with Crippen LogP contribution in [0.4, 0.5) is 0 Å². The van der Waals surface area contributed by atoms with Crippen molar-refractivity contribution >= 4 is 0 Å². The third-order valence-corrected chi connectivity index (χ3v) is 2.11. The van der Waals surface area contributed by atoms with E-state index in [2.05, 4.69) is 11.9 Å². The molecule has 2 N–H and O–H groups in total. The second-order valence-corrected chi connectivity index (χ2v) is 3.04. The van der Waals surface area contributed by atoms with Crippen molar-refractivity contribution in [3.05, 3.63) is 29.6 Å². The minimum atomic E-state index is 0.421.